The molecule has 0 spiro atoms. The highest BCUT2D eigenvalue weighted by molar-refractivity contribution is 7.89. The van der Waals surface area contributed by atoms with Crippen LogP contribution in [0.1, 0.15) is 24.0 Å². The number of benzene rings is 2. The lowest BCUT2D eigenvalue weighted by Crippen LogP contribution is -2.32. The van der Waals surface area contributed by atoms with Crippen LogP contribution in [0.25, 0.3) is 0 Å². The van der Waals surface area contributed by atoms with E-state index >= 15 is 0 Å². The van der Waals surface area contributed by atoms with E-state index in [1.54, 1.807) is 33.3 Å². The predicted molar refractivity (Wildman–Crippen MR) is 102 cm³/mol. The Labute approximate surface area is 159 Å². The lowest BCUT2D eigenvalue weighted by molar-refractivity contribution is 0.354. The number of nitrogens with one attached hydrogen (secondary N) is 1. The van der Waals surface area contributed by atoms with Crippen LogP contribution in [0.15, 0.2) is 41.3 Å². The van der Waals surface area contributed by atoms with Gasteiger partial charge in [0.1, 0.15) is 0 Å². The van der Waals surface area contributed by atoms with Crippen LogP contribution in [0.3, 0.4) is 0 Å². The summed E-state index contributed by atoms with van der Waals surface area (Å²) in [7, 11) is -0.414. The fourth-order valence-electron chi connectivity index (χ4n) is 2.99. The van der Waals surface area contributed by atoms with Gasteiger partial charge in [0.2, 0.25) is 10.0 Å². The van der Waals surface area contributed by atoms with Crippen LogP contribution >= 0.6 is 11.6 Å². The van der Waals surface area contributed by atoms with E-state index in [9.17, 15) is 8.42 Å². The molecule has 0 unspecified atom stereocenters. The van der Waals surface area contributed by atoms with E-state index < -0.39 is 10.0 Å². The molecule has 1 aliphatic carbocycles. The zero-order chi connectivity index (χ0) is 18.9. The van der Waals surface area contributed by atoms with Gasteiger partial charge in [-0.15, -0.1) is 0 Å². The Morgan fingerprint density at radius 3 is 2.35 bits per heavy atom. The fraction of sp³-hybridized carbons (Fsp3) is 0.368. The van der Waals surface area contributed by atoms with E-state index in [1.807, 2.05) is 18.2 Å². The highest BCUT2D eigenvalue weighted by Crippen LogP contribution is 2.49. The number of aryl methyl sites for hydroxylation is 1. The molecule has 3 rings (SSSR count). The van der Waals surface area contributed by atoms with Crippen LogP contribution in [0.2, 0.25) is 5.02 Å². The summed E-state index contributed by atoms with van der Waals surface area (Å²) in [6, 6.07) is 10.5. The molecule has 1 fully saturated rings. The average molecular weight is 396 g/mol. The molecule has 5 nitrogen and oxygen atoms in total. The summed E-state index contributed by atoms with van der Waals surface area (Å²) in [5.74, 6) is 1.30. The second-order valence-corrected chi connectivity index (χ2v) is 8.76. The molecule has 0 amide bonds. The smallest absolute Gasteiger partial charge is 0.240 e. The number of halogens is 1. The zero-order valence-electron chi connectivity index (χ0n) is 15.0. The lowest BCUT2D eigenvalue weighted by Gasteiger charge is -2.19. The summed E-state index contributed by atoms with van der Waals surface area (Å²) in [4.78, 5) is 0.225. The van der Waals surface area contributed by atoms with E-state index in [1.165, 1.54) is 6.07 Å². The topological polar surface area (TPSA) is 64.6 Å². The third-order valence-corrected chi connectivity index (χ3v) is 6.71. The molecule has 7 heteroatoms. The summed E-state index contributed by atoms with van der Waals surface area (Å²) in [6.07, 6.45) is 1.84. The van der Waals surface area contributed by atoms with Crippen molar-refractivity contribution in [3.63, 3.8) is 0 Å². The molecule has 0 heterocycles. The number of hydrogen-bond donors (Lipinski definition) is 1. The van der Waals surface area contributed by atoms with Crippen LogP contribution in [0.4, 0.5) is 0 Å². The fourth-order valence-corrected chi connectivity index (χ4v) is 4.31. The largest absolute Gasteiger partial charge is 0.493 e. The first kappa shape index (κ1) is 19.0. The second-order valence-electron chi connectivity index (χ2n) is 6.59. The number of ether oxygens (including phenoxy) is 2. The van der Waals surface area contributed by atoms with Gasteiger partial charge in [0.15, 0.2) is 11.5 Å². The average Bonchev–Trinajstić information content (AvgIpc) is 3.43. The molecule has 26 heavy (non-hydrogen) atoms. The van der Waals surface area contributed by atoms with E-state index in [2.05, 4.69) is 4.72 Å². The summed E-state index contributed by atoms with van der Waals surface area (Å²) < 4.78 is 38.6. The second kappa shape index (κ2) is 7.10. The van der Waals surface area contributed by atoms with Crippen molar-refractivity contribution in [2.75, 3.05) is 20.8 Å². The molecular formula is C19H22ClNO4S. The van der Waals surface area contributed by atoms with Gasteiger partial charge in [0.05, 0.1) is 19.1 Å². The van der Waals surface area contributed by atoms with Crippen molar-refractivity contribution >= 4 is 21.6 Å². The lowest BCUT2D eigenvalue weighted by atomic mass is 9.96. The summed E-state index contributed by atoms with van der Waals surface area (Å²) in [5.41, 5.74) is 1.58. The molecule has 1 saturated carbocycles. The number of methoxy groups -OCH3 is 2. The minimum absolute atomic E-state index is 0.200. The van der Waals surface area contributed by atoms with Gasteiger partial charge in [0, 0.05) is 17.0 Å². The molecule has 140 valence electrons. The van der Waals surface area contributed by atoms with Gasteiger partial charge in [-0.05, 0) is 61.2 Å². The van der Waals surface area contributed by atoms with Gasteiger partial charge >= 0.3 is 0 Å². The molecule has 0 aromatic heterocycles. The summed E-state index contributed by atoms with van der Waals surface area (Å²) in [5, 5.41) is 0.549. The Hall–Kier alpha value is -1.76. The third kappa shape index (κ3) is 3.68. The molecule has 1 aliphatic rings. The van der Waals surface area contributed by atoms with E-state index in [4.69, 9.17) is 21.1 Å². The Morgan fingerprint density at radius 1 is 1.08 bits per heavy atom. The summed E-state index contributed by atoms with van der Waals surface area (Å²) >= 11 is 5.99. The van der Waals surface area contributed by atoms with E-state index in [0.29, 0.717) is 23.1 Å². The first-order valence-corrected chi connectivity index (χ1v) is 10.2. The molecule has 0 radical (unpaired) electrons. The predicted octanol–water partition coefficient (Wildman–Crippen LogP) is 3.68. The highest BCUT2D eigenvalue weighted by Gasteiger charge is 2.45. The molecule has 2 aromatic rings. The molecule has 2 aromatic carbocycles. The van der Waals surface area contributed by atoms with Crippen molar-refractivity contribution in [1.82, 2.24) is 4.72 Å². The first-order valence-electron chi connectivity index (χ1n) is 8.30. The van der Waals surface area contributed by atoms with Crippen molar-refractivity contribution in [2.45, 2.75) is 30.1 Å². The van der Waals surface area contributed by atoms with Crippen molar-refractivity contribution in [3.05, 3.63) is 52.5 Å². The molecular weight excluding hydrogens is 374 g/mol. The van der Waals surface area contributed by atoms with Crippen LogP contribution in [0.5, 0.6) is 11.5 Å². The van der Waals surface area contributed by atoms with E-state index in [-0.39, 0.29) is 10.3 Å². The van der Waals surface area contributed by atoms with Crippen molar-refractivity contribution < 1.29 is 17.9 Å². The quantitative estimate of drug-likeness (QED) is 0.776. The van der Waals surface area contributed by atoms with Crippen molar-refractivity contribution in [1.29, 1.82) is 0 Å². The molecule has 0 saturated heterocycles. The number of sulfonamides is 1. The normalized spacial score (nSPS) is 15.5. The Morgan fingerprint density at radius 2 is 1.77 bits per heavy atom. The Bertz CT molecular complexity index is 923. The van der Waals surface area contributed by atoms with Gasteiger partial charge in [-0.3, -0.25) is 0 Å². The summed E-state index contributed by atoms with van der Waals surface area (Å²) in [6.45, 7) is 2.12. The van der Waals surface area contributed by atoms with Crippen LogP contribution in [-0.2, 0) is 15.4 Å². The van der Waals surface area contributed by atoms with Gasteiger partial charge in [0.25, 0.3) is 0 Å². The Balaban J connectivity index is 1.79. The maximum Gasteiger partial charge on any atom is 0.240 e. The molecule has 0 atom stereocenters. The van der Waals surface area contributed by atoms with Crippen LogP contribution < -0.4 is 14.2 Å². The zero-order valence-corrected chi connectivity index (χ0v) is 16.6. The highest BCUT2D eigenvalue weighted by atomic mass is 35.5. The first-order chi connectivity index (χ1) is 12.3. The van der Waals surface area contributed by atoms with E-state index in [0.717, 1.165) is 24.0 Å². The monoisotopic (exact) mass is 395 g/mol. The molecule has 1 N–H and O–H groups in total. The van der Waals surface area contributed by atoms with Crippen molar-refractivity contribution in [2.24, 2.45) is 0 Å². The van der Waals surface area contributed by atoms with Crippen LogP contribution in [0, 0.1) is 6.92 Å². The van der Waals surface area contributed by atoms with Gasteiger partial charge < -0.3 is 9.47 Å². The third-order valence-electron chi connectivity index (χ3n) is 4.89. The van der Waals surface area contributed by atoms with Gasteiger partial charge in [-0.2, -0.15) is 0 Å². The minimum Gasteiger partial charge on any atom is -0.493 e. The Kier molecular flexibility index (Phi) is 5.19. The van der Waals surface area contributed by atoms with Gasteiger partial charge in [-0.25, -0.2) is 13.1 Å². The maximum atomic E-state index is 12.6. The van der Waals surface area contributed by atoms with Crippen LogP contribution in [-0.4, -0.2) is 29.2 Å². The maximum absolute atomic E-state index is 12.6. The standard InChI is InChI=1S/C19H22ClNO4S/c1-13-10-15(5-6-16(13)20)26(22,23)21-12-19(8-9-19)14-4-7-17(24-2)18(11-14)25-3/h4-7,10-11,21H,8-9,12H2,1-3H3. The molecule has 0 bridgehead atoms. The number of rotatable bonds is 7. The molecule has 0 aliphatic heterocycles. The van der Waals surface area contributed by atoms with Crippen molar-refractivity contribution in [3.8, 4) is 11.5 Å². The number of hydrogen-bond acceptors (Lipinski definition) is 4. The minimum atomic E-state index is -3.59. The SMILES string of the molecule is COc1ccc(C2(CNS(=O)(=O)c3ccc(Cl)c(C)c3)CC2)cc1OC. The van der Waals surface area contributed by atoms with Gasteiger partial charge in [-0.1, -0.05) is 17.7 Å².